The quantitative estimate of drug-likeness (QED) is 0.867. The summed E-state index contributed by atoms with van der Waals surface area (Å²) < 4.78 is 10.5. The maximum Gasteiger partial charge on any atom is 0.349 e. The summed E-state index contributed by atoms with van der Waals surface area (Å²) in [4.78, 5) is 24.8. The van der Waals surface area contributed by atoms with Crippen LogP contribution in [-0.2, 0) is 0 Å². The van der Waals surface area contributed by atoms with Gasteiger partial charge in [0.2, 0.25) is 0 Å². The molecule has 0 saturated heterocycles. The highest BCUT2D eigenvalue weighted by atomic mass is 16.5. The summed E-state index contributed by atoms with van der Waals surface area (Å²) in [6, 6.07) is 6.81. The van der Waals surface area contributed by atoms with E-state index < -0.39 is 17.1 Å². The van der Waals surface area contributed by atoms with Gasteiger partial charge in [-0.1, -0.05) is 32.9 Å². The monoisotopic (exact) mass is 331 g/mol. The van der Waals surface area contributed by atoms with Crippen LogP contribution in [0.15, 0.2) is 33.5 Å². The average Bonchev–Trinajstić information content (AvgIpc) is 2.42. The largest absolute Gasteiger partial charge is 0.493 e. The van der Waals surface area contributed by atoms with Crippen LogP contribution < -0.4 is 15.7 Å². The second-order valence-corrected chi connectivity index (χ2v) is 7.90. The molecule has 0 aliphatic rings. The summed E-state index contributed by atoms with van der Waals surface area (Å²) >= 11 is 0. The minimum atomic E-state index is -0.670. The molecule has 5 heteroatoms. The van der Waals surface area contributed by atoms with E-state index in [2.05, 4.69) is 26.1 Å². The smallest absolute Gasteiger partial charge is 0.349 e. The minimum Gasteiger partial charge on any atom is -0.493 e. The molecule has 1 aromatic heterocycles. The molecular formula is C19H25NO4. The van der Waals surface area contributed by atoms with Gasteiger partial charge in [0.15, 0.2) is 11.3 Å². The van der Waals surface area contributed by atoms with Crippen LogP contribution in [0.4, 0.5) is 0 Å². The van der Waals surface area contributed by atoms with Gasteiger partial charge < -0.3 is 14.5 Å². The number of hydrogen-bond acceptors (Lipinski definition) is 4. The molecule has 1 heterocycles. The van der Waals surface area contributed by atoms with Gasteiger partial charge in [-0.15, -0.1) is 0 Å². The Morgan fingerprint density at radius 1 is 1.21 bits per heavy atom. The maximum atomic E-state index is 12.6. The van der Waals surface area contributed by atoms with Gasteiger partial charge in [-0.05, 0) is 37.8 Å². The predicted octanol–water partition coefficient (Wildman–Crippen LogP) is 3.75. The summed E-state index contributed by atoms with van der Waals surface area (Å²) in [6.45, 7) is 10.2. The van der Waals surface area contributed by atoms with Crippen molar-refractivity contribution in [2.45, 2.75) is 46.6 Å². The molecule has 1 amide bonds. The van der Waals surface area contributed by atoms with E-state index in [0.29, 0.717) is 16.7 Å². The van der Waals surface area contributed by atoms with Gasteiger partial charge in [0.1, 0.15) is 5.56 Å². The van der Waals surface area contributed by atoms with E-state index >= 15 is 0 Å². The van der Waals surface area contributed by atoms with Crippen LogP contribution in [0.5, 0.6) is 5.75 Å². The third-order valence-corrected chi connectivity index (χ3v) is 3.61. The van der Waals surface area contributed by atoms with Gasteiger partial charge in [0.05, 0.1) is 7.11 Å². The van der Waals surface area contributed by atoms with Gasteiger partial charge in [0, 0.05) is 10.9 Å². The molecule has 2 aromatic rings. The minimum absolute atomic E-state index is 0.00210. The number of rotatable bonds is 4. The van der Waals surface area contributed by atoms with Crippen molar-refractivity contribution in [1.29, 1.82) is 0 Å². The first kappa shape index (κ1) is 18.0. The fraction of sp³-hybridized carbons (Fsp3) is 0.474. The highest BCUT2D eigenvalue weighted by Gasteiger charge is 2.28. The molecule has 0 aliphatic carbocycles. The molecular weight excluding hydrogens is 306 g/mol. The first-order valence-corrected chi connectivity index (χ1v) is 7.96. The molecule has 130 valence electrons. The number of amides is 1. The third kappa shape index (κ3) is 4.16. The second-order valence-electron chi connectivity index (χ2n) is 7.90. The SMILES string of the molecule is COc1cccc2cc(C(=O)NC(C)(C)CC(C)(C)C)c(=O)oc12. The van der Waals surface area contributed by atoms with Crippen molar-refractivity contribution in [1.82, 2.24) is 5.32 Å². The molecule has 5 nitrogen and oxygen atoms in total. The Kier molecular flexibility index (Phi) is 4.74. The van der Waals surface area contributed by atoms with Gasteiger partial charge in [-0.3, -0.25) is 4.79 Å². The number of ether oxygens (including phenoxy) is 1. The topological polar surface area (TPSA) is 68.5 Å². The zero-order valence-electron chi connectivity index (χ0n) is 15.1. The fourth-order valence-corrected chi connectivity index (χ4v) is 3.18. The lowest BCUT2D eigenvalue weighted by Gasteiger charge is -2.33. The Morgan fingerprint density at radius 3 is 2.46 bits per heavy atom. The summed E-state index contributed by atoms with van der Waals surface area (Å²) in [5.74, 6) is 0.0346. The van der Waals surface area contributed by atoms with Crippen molar-refractivity contribution >= 4 is 16.9 Å². The zero-order valence-corrected chi connectivity index (χ0v) is 15.1. The molecule has 0 fully saturated rings. The summed E-state index contributed by atoms with van der Waals surface area (Å²) in [6.07, 6.45) is 0.776. The van der Waals surface area contributed by atoms with Gasteiger partial charge in [-0.25, -0.2) is 4.79 Å². The molecule has 1 N–H and O–H groups in total. The van der Waals surface area contributed by atoms with Crippen molar-refractivity contribution in [3.8, 4) is 5.75 Å². The highest BCUT2D eigenvalue weighted by Crippen LogP contribution is 2.27. The number of para-hydroxylation sites is 1. The average molecular weight is 331 g/mol. The zero-order chi connectivity index (χ0) is 18.1. The van der Waals surface area contributed by atoms with Crippen LogP contribution in [0.25, 0.3) is 11.0 Å². The van der Waals surface area contributed by atoms with Crippen molar-refractivity contribution in [2.24, 2.45) is 5.41 Å². The first-order chi connectivity index (χ1) is 11.0. The number of carbonyl (C=O) groups excluding carboxylic acids is 1. The molecule has 0 atom stereocenters. The summed E-state index contributed by atoms with van der Waals surface area (Å²) in [5, 5.41) is 3.58. The van der Waals surface area contributed by atoms with Crippen LogP contribution in [0.1, 0.15) is 51.4 Å². The molecule has 0 radical (unpaired) electrons. The van der Waals surface area contributed by atoms with E-state index in [1.807, 2.05) is 13.8 Å². The standard InChI is InChI=1S/C19H25NO4/c1-18(2,3)11-19(4,5)20-16(21)13-10-12-8-7-9-14(23-6)15(12)24-17(13)22/h7-10H,11H2,1-6H3,(H,20,21). The van der Waals surface area contributed by atoms with Crippen LogP contribution in [0.3, 0.4) is 0 Å². The molecule has 1 aromatic carbocycles. The lowest BCUT2D eigenvalue weighted by molar-refractivity contribution is 0.0888. The molecule has 0 saturated carbocycles. The fourth-order valence-electron chi connectivity index (χ4n) is 3.18. The molecule has 0 bridgehead atoms. The highest BCUT2D eigenvalue weighted by molar-refractivity contribution is 5.97. The Morgan fingerprint density at radius 2 is 1.88 bits per heavy atom. The number of carbonyl (C=O) groups is 1. The number of benzene rings is 1. The Bertz CT molecular complexity index is 812. The predicted molar refractivity (Wildman–Crippen MR) is 94.7 cm³/mol. The van der Waals surface area contributed by atoms with Gasteiger partial charge in [-0.2, -0.15) is 0 Å². The van der Waals surface area contributed by atoms with E-state index in [0.717, 1.165) is 6.42 Å². The Balaban J connectivity index is 2.37. The summed E-state index contributed by atoms with van der Waals surface area (Å²) in [7, 11) is 1.50. The Hall–Kier alpha value is -2.30. The van der Waals surface area contributed by atoms with E-state index in [4.69, 9.17) is 9.15 Å². The van der Waals surface area contributed by atoms with Crippen LogP contribution in [0.2, 0.25) is 0 Å². The molecule has 0 aliphatic heterocycles. The molecule has 0 spiro atoms. The van der Waals surface area contributed by atoms with E-state index in [-0.39, 0.29) is 11.0 Å². The van der Waals surface area contributed by atoms with Crippen LogP contribution in [-0.4, -0.2) is 18.6 Å². The van der Waals surface area contributed by atoms with Gasteiger partial charge >= 0.3 is 5.63 Å². The normalized spacial score (nSPS) is 12.2. The number of nitrogens with one attached hydrogen (secondary N) is 1. The lowest BCUT2D eigenvalue weighted by atomic mass is 9.81. The summed E-state index contributed by atoms with van der Waals surface area (Å²) in [5.41, 5.74) is -0.715. The number of hydrogen-bond donors (Lipinski definition) is 1. The number of fused-ring (bicyclic) bond motifs is 1. The second kappa shape index (κ2) is 6.30. The third-order valence-electron chi connectivity index (χ3n) is 3.61. The molecule has 24 heavy (non-hydrogen) atoms. The maximum absolute atomic E-state index is 12.6. The first-order valence-electron chi connectivity index (χ1n) is 7.96. The van der Waals surface area contributed by atoms with Crippen LogP contribution >= 0.6 is 0 Å². The van der Waals surface area contributed by atoms with Crippen molar-refractivity contribution in [3.63, 3.8) is 0 Å². The van der Waals surface area contributed by atoms with Crippen LogP contribution in [0, 0.1) is 5.41 Å². The van der Waals surface area contributed by atoms with E-state index in [1.54, 1.807) is 24.3 Å². The number of methoxy groups -OCH3 is 1. The molecule has 2 rings (SSSR count). The van der Waals surface area contributed by atoms with Gasteiger partial charge in [0.25, 0.3) is 5.91 Å². The van der Waals surface area contributed by atoms with Crippen molar-refractivity contribution in [2.75, 3.05) is 7.11 Å². The van der Waals surface area contributed by atoms with Crippen molar-refractivity contribution in [3.05, 3.63) is 40.2 Å². The van der Waals surface area contributed by atoms with E-state index in [9.17, 15) is 9.59 Å². The van der Waals surface area contributed by atoms with Crippen molar-refractivity contribution < 1.29 is 13.9 Å². The molecule has 0 unspecified atom stereocenters. The Labute approximate surface area is 142 Å². The van der Waals surface area contributed by atoms with E-state index in [1.165, 1.54) is 7.11 Å². The lowest BCUT2D eigenvalue weighted by Crippen LogP contribution is -2.46.